The van der Waals surface area contributed by atoms with Gasteiger partial charge in [-0.05, 0) is 54.6 Å². The molecule has 4 amide bonds. The molecule has 0 unspecified atom stereocenters. The Balaban J connectivity index is 1.71. The smallest absolute Gasteiger partial charge is 0.317 e. The van der Waals surface area contributed by atoms with Crippen LogP contribution in [0.2, 0.25) is 0 Å². The molecule has 9 nitrogen and oxygen atoms in total. The summed E-state index contributed by atoms with van der Waals surface area (Å²) in [6, 6.07) is 14.9. The summed E-state index contributed by atoms with van der Waals surface area (Å²) in [6.45, 7) is 0. The summed E-state index contributed by atoms with van der Waals surface area (Å²) in [7, 11) is 0. The number of urea groups is 1. The molecule has 0 saturated carbocycles. The maximum atomic E-state index is 13.0. The van der Waals surface area contributed by atoms with Gasteiger partial charge in [-0.2, -0.15) is 0 Å². The number of carbonyl (C=O) groups is 3. The van der Waals surface area contributed by atoms with Gasteiger partial charge in [-0.3, -0.25) is 25.0 Å². The van der Waals surface area contributed by atoms with Crippen LogP contribution < -0.4 is 10.2 Å². The fraction of sp³-hybridized carbons (Fsp3) is 0. The van der Waals surface area contributed by atoms with E-state index in [4.69, 9.17) is 0 Å². The van der Waals surface area contributed by atoms with Crippen LogP contribution in [-0.4, -0.2) is 27.3 Å². The predicted molar refractivity (Wildman–Crippen MR) is 116 cm³/mol. The lowest BCUT2D eigenvalue weighted by Crippen LogP contribution is -2.54. The van der Waals surface area contributed by atoms with Crippen LogP contribution in [0.3, 0.4) is 0 Å². The number of hydrogen-bond donors (Lipinski definition) is 1. The number of nitro groups is 1. The number of aromatic nitrogens is 1. The number of imide groups is 2. The van der Waals surface area contributed by atoms with Crippen molar-refractivity contribution in [2.75, 3.05) is 4.90 Å². The number of nitrogens with one attached hydrogen (secondary N) is 1. The molecule has 0 atom stereocenters. The van der Waals surface area contributed by atoms with E-state index in [1.54, 1.807) is 59.3 Å². The first-order chi connectivity index (χ1) is 14.8. The largest absolute Gasteiger partial charge is 0.335 e. The van der Waals surface area contributed by atoms with Crippen LogP contribution in [0.15, 0.2) is 76.9 Å². The molecular formula is C21H13BrN4O5. The molecule has 10 heteroatoms. The summed E-state index contributed by atoms with van der Waals surface area (Å²) in [5.41, 5.74) is 1.13. The van der Waals surface area contributed by atoms with Crippen molar-refractivity contribution in [3.63, 3.8) is 0 Å². The molecule has 2 heterocycles. The molecule has 2 aromatic carbocycles. The minimum Gasteiger partial charge on any atom is -0.317 e. The number of nitro benzene ring substituents is 1. The number of barbiturate groups is 1. The zero-order chi connectivity index (χ0) is 22.1. The lowest BCUT2D eigenvalue weighted by atomic mass is 10.1. The van der Waals surface area contributed by atoms with Crippen LogP contribution in [-0.2, 0) is 9.59 Å². The van der Waals surface area contributed by atoms with Gasteiger partial charge in [0.05, 0.1) is 10.6 Å². The van der Waals surface area contributed by atoms with Crippen molar-refractivity contribution in [2.45, 2.75) is 0 Å². The summed E-state index contributed by atoms with van der Waals surface area (Å²) in [6.07, 6.45) is 3.06. The summed E-state index contributed by atoms with van der Waals surface area (Å²) >= 11 is 3.29. The van der Waals surface area contributed by atoms with Gasteiger partial charge in [0.15, 0.2) is 0 Å². The van der Waals surface area contributed by atoms with Gasteiger partial charge in [0.25, 0.3) is 17.5 Å². The van der Waals surface area contributed by atoms with Crippen molar-refractivity contribution in [1.82, 2.24) is 9.88 Å². The Kier molecular flexibility index (Phi) is 5.22. The van der Waals surface area contributed by atoms with Gasteiger partial charge in [0.2, 0.25) is 0 Å². The Morgan fingerprint density at radius 2 is 1.58 bits per heavy atom. The highest BCUT2D eigenvalue weighted by atomic mass is 79.9. The van der Waals surface area contributed by atoms with Gasteiger partial charge >= 0.3 is 6.03 Å². The molecule has 1 aromatic heterocycles. The molecule has 0 aliphatic carbocycles. The highest BCUT2D eigenvalue weighted by Gasteiger charge is 2.37. The van der Waals surface area contributed by atoms with Crippen molar-refractivity contribution in [3.8, 4) is 5.69 Å². The highest BCUT2D eigenvalue weighted by Crippen LogP contribution is 2.25. The molecule has 3 aromatic rings. The van der Waals surface area contributed by atoms with E-state index in [-0.39, 0.29) is 11.3 Å². The first kappa shape index (κ1) is 20.2. The Labute approximate surface area is 183 Å². The zero-order valence-corrected chi connectivity index (χ0v) is 17.3. The highest BCUT2D eigenvalue weighted by molar-refractivity contribution is 9.10. The fourth-order valence-electron chi connectivity index (χ4n) is 3.11. The van der Waals surface area contributed by atoms with Gasteiger partial charge in [-0.1, -0.05) is 15.9 Å². The third-order valence-corrected chi connectivity index (χ3v) is 5.13. The minimum atomic E-state index is -0.833. The Bertz CT molecular complexity index is 1250. The number of rotatable bonds is 4. The van der Waals surface area contributed by atoms with Crippen LogP contribution in [0, 0.1) is 10.1 Å². The SMILES string of the molecule is O=C1NC(=O)N(c2ccc(Br)cc2)C(=O)/C1=C\c1cccn1-c1ccc([N+](=O)[O-])cc1. The second kappa shape index (κ2) is 8.00. The molecule has 154 valence electrons. The summed E-state index contributed by atoms with van der Waals surface area (Å²) in [5.74, 6) is -1.56. The van der Waals surface area contributed by atoms with Gasteiger partial charge in [-0.15, -0.1) is 0 Å². The van der Waals surface area contributed by atoms with E-state index >= 15 is 0 Å². The molecule has 1 N–H and O–H groups in total. The van der Waals surface area contributed by atoms with Gasteiger partial charge in [0, 0.05) is 34.2 Å². The maximum absolute atomic E-state index is 13.0. The van der Waals surface area contributed by atoms with E-state index < -0.39 is 22.8 Å². The molecule has 0 spiro atoms. The minimum absolute atomic E-state index is 0.0544. The van der Waals surface area contributed by atoms with E-state index in [0.29, 0.717) is 17.1 Å². The molecular weight excluding hydrogens is 468 g/mol. The second-order valence-corrected chi connectivity index (χ2v) is 7.43. The quantitative estimate of drug-likeness (QED) is 0.264. The molecule has 1 saturated heterocycles. The van der Waals surface area contributed by atoms with Crippen molar-refractivity contribution in [1.29, 1.82) is 0 Å². The monoisotopic (exact) mass is 480 g/mol. The Morgan fingerprint density at radius 1 is 0.935 bits per heavy atom. The van der Waals surface area contributed by atoms with E-state index in [0.717, 1.165) is 9.37 Å². The average molecular weight is 481 g/mol. The molecule has 1 aliphatic rings. The number of benzene rings is 2. The molecule has 0 radical (unpaired) electrons. The van der Waals surface area contributed by atoms with E-state index in [2.05, 4.69) is 21.2 Å². The van der Waals surface area contributed by atoms with Crippen molar-refractivity contribution >= 4 is 51.2 Å². The lowest BCUT2D eigenvalue weighted by molar-refractivity contribution is -0.384. The number of nitrogens with zero attached hydrogens (tertiary/aromatic N) is 3. The fourth-order valence-corrected chi connectivity index (χ4v) is 3.38. The van der Waals surface area contributed by atoms with E-state index in [1.165, 1.54) is 18.2 Å². The standard InChI is InChI=1S/C21H13BrN4O5/c22-13-3-5-15(6-4-13)25-20(28)18(19(27)23-21(25)29)12-17-2-1-11-24(17)14-7-9-16(10-8-14)26(30)31/h1-12H,(H,23,27,29)/b18-12-. The first-order valence-corrected chi connectivity index (χ1v) is 9.73. The van der Waals surface area contributed by atoms with Crippen molar-refractivity contribution in [3.05, 3.63) is 92.7 Å². The van der Waals surface area contributed by atoms with E-state index in [1.807, 2.05) is 0 Å². The van der Waals surface area contributed by atoms with Gasteiger partial charge < -0.3 is 4.57 Å². The molecule has 1 aliphatic heterocycles. The van der Waals surface area contributed by atoms with Crippen LogP contribution in [0.4, 0.5) is 16.2 Å². The summed E-state index contributed by atoms with van der Waals surface area (Å²) in [5, 5.41) is 13.0. The molecule has 1 fully saturated rings. The zero-order valence-electron chi connectivity index (χ0n) is 15.7. The molecule has 31 heavy (non-hydrogen) atoms. The summed E-state index contributed by atoms with van der Waals surface area (Å²) in [4.78, 5) is 49.0. The molecule has 0 bridgehead atoms. The Hall–Kier alpha value is -4.05. The lowest BCUT2D eigenvalue weighted by Gasteiger charge is -2.26. The number of amides is 4. The number of carbonyl (C=O) groups excluding carboxylic acids is 3. The average Bonchev–Trinajstić information content (AvgIpc) is 3.20. The number of anilines is 1. The van der Waals surface area contributed by atoms with Crippen LogP contribution in [0.1, 0.15) is 5.69 Å². The van der Waals surface area contributed by atoms with Crippen LogP contribution in [0.5, 0.6) is 0 Å². The van der Waals surface area contributed by atoms with Crippen LogP contribution in [0.25, 0.3) is 11.8 Å². The topological polar surface area (TPSA) is 115 Å². The number of non-ortho nitro benzene ring substituents is 1. The Morgan fingerprint density at radius 3 is 2.23 bits per heavy atom. The second-order valence-electron chi connectivity index (χ2n) is 6.51. The van der Waals surface area contributed by atoms with Crippen LogP contribution >= 0.6 is 15.9 Å². The van der Waals surface area contributed by atoms with Crippen molar-refractivity contribution in [2.24, 2.45) is 0 Å². The number of hydrogen-bond acceptors (Lipinski definition) is 5. The first-order valence-electron chi connectivity index (χ1n) is 8.94. The summed E-state index contributed by atoms with van der Waals surface area (Å²) < 4.78 is 2.44. The third-order valence-electron chi connectivity index (χ3n) is 4.60. The van der Waals surface area contributed by atoms with Crippen molar-refractivity contribution < 1.29 is 19.3 Å². The normalized spacial score (nSPS) is 15.3. The van der Waals surface area contributed by atoms with Gasteiger partial charge in [0.1, 0.15) is 5.57 Å². The number of halogens is 1. The molecule has 4 rings (SSSR count). The third kappa shape index (κ3) is 3.88. The van der Waals surface area contributed by atoms with Gasteiger partial charge in [-0.25, -0.2) is 9.69 Å². The maximum Gasteiger partial charge on any atom is 0.335 e. The predicted octanol–water partition coefficient (Wildman–Crippen LogP) is 3.81. The van der Waals surface area contributed by atoms with E-state index in [9.17, 15) is 24.5 Å².